The van der Waals surface area contributed by atoms with E-state index < -0.39 is 59.1 Å². The van der Waals surface area contributed by atoms with Crippen LogP contribution in [0.1, 0.15) is 25.7 Å². The standard InChI is InChI=1S/C20H28O9/c1-26-16(22)11-13-9-7-5-6-8-10(9)14(12(15(11)21)17(23)27-2)20(13,18(24)28-3)19(25)29-4/h9-15,21H,5-8H2,1-4H3/t9-,10-,11-,12+,13+,14+,15?/m0/s1. The summed E-state index contributed by atoms with van der Waals surface area (Å²) in [6.07, 6.45) is 1.59. The van der Waals surface area contributed by atoms with Crippen molar-refractivity contribution in [3.05, 3.63) is 0 Å². The average Bonchev–Trinajstić information content (AvgIpc) is 2.98. The number of esters is 4. The van der Waals surface area contributed by atoms with Crippen molar-refractivity contribution < 1.29 is 43.2 Å². The lowest BCUT2D eigenvalue weighted by atomic mass is 9.54. The Labute approximate surface area is 169 Å². The van der Waals surface area contributed by atoms with E-state index in [1.54, 1.807) is 0 Å². The number of rotatable bonds is 4. The molecule has 1 N–H and O–H groups in total. The van der Waals surface area contributed by atoms with Gasteiger partial charge in [-0.25, -0.2) is 0 Å². The molecule has 3 saturated carbocycles. The highest BCUT2D eigenvalue weighted by Gasteiger charge is 2.78. The molecule has 2 bridgehead atoms. The number of carbonyl (C=O) groups is 4. The molecule has 0 amide bonds. The Balaban J connectivity index is 2.34. The van der Waals surface area contributed by atoms with Gasteiger partial charge in [-0.15, -0.1) is 0 Å². The maximum absolute atomic E-state index is 13.2. The van der Waals surface area contributed by atoms with E-state index in [0.29, 0.717) is 12.8 Å². The van der Waals surface area contributed by atoms with E-state index in [4.69, 9.17) is 18.9 Å². The second-order valence-corrected chi connectivity index (χ2v) is 8.10. The van der Waals surface area contributed by atoms with E-state index in [9.17, 15) is 24.3 Å². The van der Waals surface area contributed by atoms with Crippen LogP contribution in [0.25, 0.3) is 0 Å². The number of hydrogen-bond donors (Lipinski definition) is 1. The van der Waals surface area contributed by atoms with Gasteiger partial charge < -0.3 is 24.1 Å². The minimum atomic E-state index is -1.89. The first-order valence-electron chi connectivity index (χ1n) is 9.83. The second kappa shape index (κ2) is 7.93. The highest BCUT2D eigenvalue weighted by molar-refractivity contribution is 6.03. The molecule has 1 unspecified atom stereocenters. The first-order chi connectivity index (χ1) is 13.8. The minimum Gasteiger partial charge on any atom is -0.469 e. The summed E-state index contributed by atoms with van der Waals surface area (Å²) >= 11 is 0. The molecule has 3 aliphatic rings. The average molecular weight is 412 g/mol. The van der Waals surface area contributed by atoms with E-state index in [-0.39, 0.29) is 11.8 Å². The van der Waals surface area contributed by atoms with Gasteiger partial charge in [-0.05, 0) is 24.7 Å². The topological polar surface area (TPSA) is 125 Å². The zero-order valence-electron chi connectivity index (χ0n) is 17.1. The molecule has 29 heavy (non-hydrogen) atoms. The zero-order chi connectivity index (χ0) is 21.5. The van der Waals surface area contributed by atoms with Crippen LogP contribution in [0.4, 0.5) is 0 Å². The highest BCUT2D eigenvalue weighted by Crippen LogP contribution is 2.68. The molecule has 9 nitrogen and oxygen atoms in total. The second-order valence-electron chi connectivity index (χ2n) is 8.10. The van der Waals surface area contributed by atoms with Crippen molar-refractivity contribution in [1.82, 2.24) is 0 Å². The normalized spacial score (nSPS) is 37.1. The SMILES string of the molecule is COC(=O)[C@@H]1C(O)[C@H](C(=O)OC)[C@H]2[C@H]3CCCC[C@@H]3[C@H]1C2(C(=O)OC)C(=O)OC. The van der Waals surface area contributed by atoms with Crippen LogP contribution in [0.3, 0.4) is 0 Å². The lowest BCUT2D eigenvalue weighted by Gasteiger charge is -2.48. The van der Waals surface area contributed by atoms with Crippen LogP contribution >= 0.6 is 0 Å². The summed E-state index contributed by atoms with van der Waals surface area (Å²) in [5.74, 6) is -8.04. The summed E-state index contributed by atoms with van der Waals surface area (Å²) < 4.78 is 19.9. The monoisotopic (exact) mass is 412 g/mol. The van der Waals surface area contributed by atoms with Crippen molar-refractivity contribution in [2.24, 2.45) is 40.9 Å². The fourth-order valence-corrected chi connectivity index (χ4v) is 6.53. The number of hydrogen-bond acceptors (Lipinski definition) is 9. The Morgan fingerprint density at radius 2 is 1.10 bits per heavy atom. The van der Waals surface area contributed by atoms with Crippen LogP contribution in [0.15, 0.2) is 0 Å². The summed E-state index contributed by atoms with van der Waals surface area (Å²) in [6, 6.07) is 0. The summed E-state index contributed by atoms with van der Waals surface area (Å²) in [5, 5.41) is 11.1. The van der Waals surface area contributed by atoms with Crippen molar-refractivity contribution >= 4 is 23.9 Å². The number of methoxy groups -OCH3 is 4. The molecule has 0 spiro atoms. The maximum Gasteiger partial charge on any atom is 0.323 e. The summed E-state index contributed by atoms with van der Waals surface area (Å²) in [7, 11) is 4.64. The lowest BCUT2D eigenvalue weighted by Crippen LogP contribution is -2.63. The number of ether oxygens (including phenoxy) is 4. The molecule has 0 radical (unpaired) electrons. The maximum atomic E-state index is 13.2. The Morgan fingerprint density at radius 3 is 1.41 bits per heavy atom. The Kier molecular flexibility index (Phi) is 5.89. The van der Waals surface area contributed by atoms with Gasteiger partial charge in [0.15, 0.2) is 5.41 Å². The molecule has 0 saturated heterocycles. The van der Waals surface area contributed by atoms with Crippen molar-refractivity contribution in [1.29, 1.82) is 0 Å². The minimum absolute atomic E-state index is 0.236. The van der Waals surface area contributed by atoms with Gasteiger partial charge in [-0.3, -0.25) is 19.2 Å². The van der Waals surface area contributed by atoms with Gasteiger partial charge in [-0.1, -0.05) is 12.8 Å². The molecule has 0 heterocycles. The molecule has 9 heteroatoms. The van der Waals surface area contributed by atoms with Gasteiger partial charge in [0.1, 0.15) is 0 Å². The molecule has 3 rings (SSSR count). The van der Waals surface area contributed by atoms with Gasteiger partial charge in [0, 0.05) is 11.8 Å². The predicted octanol–water partition coefficient (Wildman–Crippen LogP) is 0.324. The van der Waals surface area contributed by atoms with Crippen LogP contribution in [0.5, 0.6) is 0 Å². The zero-order valence-corrected chi connectivity index (χ0v) is 17.1. The fourth-order valence-electron chi connectivity index (χ4n) is 6.53. The van der Waals surface area contributed by atoms with E-state index in [1.807, 2.05) is 0 Å². The quantitative estimate of drug-likeness (QED) is 0.395. The molecule has 162 valence electrons. The highest BCUT2D eigenvalue weighted by atomic mass is 16.6. The van der Waals surface area contributed by atoms with Gasteiger partial charge in [0.2, 0.25) is 0 Å². The number of fused-ring (bicyclic) bond motifs is 5. The lowest BCUT2D eigenvalue weighted by molar-refractivity contribution is -0.201. The molecule has 0 aliphatic heterocycles. The molecule has 0 aromatic heterocycles. The van der Waals surface area contributed by atoms with E-state index >= 15 is 0 Å². The van der Waals surface area contributed by atoms with Crippen LogP contribution in [-0.2, 0) is 38.1 Å². The van der Waals surface area contributed by atoms with Crippen LogP contribution < -0.4 is 0 Å². The van der Waals surface area contributed by atoms with Crippen LogP contribution in [0, 0.1) is 40.9 Å². The van der Waals surface area contributed by atoms with Gasteiger partial charge in [0.25, 0.3) is 0 Å². The van der Waals surface area contributed by atoms with Crippen molar-refractivity contribution in [2.75, 3.05) is 28.4 Å². The van der Waals surface area contributed by atoms with E-state index in [1.165, 1.54) is 14.2 Å². The molecule has 0 aromatic rings. The first-order valence-corrected chi connectivity index (χ1v) is 9.83. The third kappa shape index (κ3) is 2.77. The largest absolute Gasteiger partial charge is 0.469 e. The number of carbonyl (C=O) groups excluding carboxylic acids is 4. The Hall–Kier alpha value is -2.16. The third-order valence-corrected chi connectivity index (χ3v) is 7.35. The molecule has 3 fully saturated rings. The van der Waals surface area contributed by atoms with E-state index in [0.717, 1.165) is 27.1 Å². The van der Waals surface area contributed by atoms with E-state index in [2.05, 4.69) is 0 Å². The predicted molar refractivity (Wildman–Crippen MR) is 95.9 cm³/mol. The smallest absolute Gasteiger partial charge is 0.323 e. The molecular weight excluding hydrogens is 384 g/mol. The Bertz CT molecular complexity index is 644. The van der Waals surface area contributed by atoms with Crippen LogP contribution in [0.2, 0.25) is 0 Å². The third-order valence-electron chi connectivity index (χ3n) is 7.35. The van der Waals surface area contributed by atoms with Gasteiger partial charge >= 0.3 is 23.9 Å². The van der Waals surface area contributed by atoms with Crippen molar-refractivity contribution in [3.8, 4) is 0 Å². The summed E-state index contributed by atoms with van der Waals surface area (Å²) in [5.41, 5.74) is -1.89. The van der Waals surface area contributed by atoms with Crippen LogP contribution in [-0.4, -0.2) is 63.5 Å². The molecule has 0 aromatic carbocycles. The van der Waals surface area contributed by atoms with Crippen molar-refractivity contribution in [3.63, 3.8) is 0 Å². The summed E-state index contributed by atoms with van der Waals surface area (Å²) in [4.78, 5) is 51.9. The van der Waals surface area contributed by atoms with Crippen molar-refractivity contribution in [2.45, 2.75) is 31.8 Å². The Morgan fingerprint density at radius 1 is 0.724 bits per heavy atom. The fraction of sp³-hybridized carbons (Fsp3) is 0.800. The van der Waals surface area contributed by atoms with Gasteiger partial charge in [-0.2, -0.15) is 0 Å². The molecule has 3 aliphatic carbocycles. The molecule has 7 atom stereocenters. The van der Waals surface area contributed by atoms with Gasteiger partial charge in [0.05, 0.1) is 46.4 Å². The number of aliphatic hydroxyl groups excluding tert-OH is 1. The summed E-state index contributed by atoms with van der Waals surface area (Å²) in [6.45, 7) is 0. The first kappa shape index (κ1) is 21.5. The molecular formula is C20H28O9. The number of aliphatic hydroxyl groups is 1.